The van der Waals surface area contributed by atoms with Crippen LogP contribution in [0.3, 0.4) is 0 Å². The Morgan fingerprint density at radius 1 is 0.500 bits per heavy atom. The van der Waals surface area contributed by atoms with E-state index in [9.17, 15) is 0 Å². The van der Waals surface area contributed by atoms with E-state index in [0.717, 1.165) is 0 Å². The van der Waals surface area contributed by atoms with Crippen LogP contribution in [0.4, 0.5) is 14.1 Å². The summed E-state index contributed by atoms with van der Waals surface area (Å²) in [6.45, 7) is 0. The Kier molecular flexibility index (Phi) is 2130. The summed E-state index contributed by atoms with van der Waals surface area (Å²) in [7, 11) is 0. The van der Waals surface area contributed by atoms with Gasteiger partial charge in [-0.2, -0.15) is 0 Å². The van der Waals surface area contributed by atoms with E-state index in [1.807, 2.05) is 0 Å². The van der Waals surface area contributed by atoms with Crippen molar-refractivity contribution < 1.29 is 40.0 Å². The first-order valence-corrected chi connectivity index (χ1v) is 0. The maximum Gasteiger partial charge on any atom is 0 e. The van der Waals surface area contributed by atoms with Gasteiger partial charge in [0.05, 0.1) is 0 Å². The van der Waals surface area contributed by atoms with Crippen LogP contribution in [-0.2, 0) is 25.8 Å². The first kappa shape index (κ1) is 143. The molecule has 0 amide bonds. The van der Waals surface area contributed by atoms with Gasteiger partial charge in [-0.05, 0) is 0 Å². The third kappa shape index (κ3) is 16.8. The molecule has 0 spiro atoms. The van der Waals surface area contributed by atoms with E-state index in [0.29, 0.717) is 0 Å². The third-order valence-electron chi connectivity index (χ3n) is 0. The van der Waals surface area contributed by atoms with Crippen LogP contribution in [0.15, 0.2) is 0 Å². The van der Waals surface area contributed by atoms with Gasteiger partial charge in [-0.3, -0.25) is 14.1 Å². The molecule has 0 aliphatic carbocycles. The van der Waals surface area contributed by atoms with Crippen molar-refractivity contribution in [2.24, 2.45) is 0 Å². The van der Waals surface area contributed by atoms with Crippen molar-refractivity contribution in [3.8, 4) is 0 Å². The van der Waals surface area contributed by atoms with E-state index in [4.69, 9.17) is 0 Å². The van der Waals surface area contributed by atoms with Crippen molar-refractivity contribution in [1.29, 1.82) is 0 Å². The summed E-state index contributed by atoms with van der Waals surface area (Å²) >= 11 is 0. The Bertz CT molecular complexity index is 3.25. The predicted molar refractivity (Wildman–Crippen MR) is 7.51 cm³/mol. The van der Waals surface area contributed by atoms with Crippen molar-refractivity contribution in [3.05, 3.63) is 0 Å². The average molecular weight is 105 g/mol. The summed E-state index contributed by atoms with van der Waals surface area (Å²) in [4.78, 5) is 0. The largest absolute Gasteiger partial charge is 0.269 e. The maximum atomic E-state index is 0. The van der Waals surface area contributed by atoms with Crippen molar-refractivity contribution in [1.82, 2.24) is 0 Å². The van der Waals surface area contributed by atoms with Crippen molar-refractivity contribution in [3.63, 3.8) is 0 Å². The second kappa shape index (κ2) is 59.4. The van der Waals surface area contributed by atoms with E-state index in [-0.39, 0.29) is 40.0 Å². The Hall–Kier alpha value is 0.660. The van der Waals surface area contributed by atoms with Gasteiger partial charge in [0.15, 0.2) is 0 Å². The van der Waals surface area contributed by atoms with Crippen LogP contribution in [0, 0.1) is 0 Å². The summed E-state index contributed by atoms with van der Waals surface area (Å²) in [5, 5.41) is 0. The van der Waals surface area contributed by atoms with E-state index in [1.54, 1.807) is 0 Å². The van der Waals surface area contributed by atoms with E-state index >= 15 is 0 Å². The molecule has 0 fully saturated rings. The minimum atomic E-state index is 0. The minimum Gasteiger partial charge on any atom is -0.269 e. The Morgan fingerprint density at radius 2 is 0.500 bits per heavy atom. The molecule has 0 rings (SSSR count). The van der Waals surface area contributed by atoms with E-state index < -0.39 is 0 Å². The molecule has 0 nitrogen and oxygen atoms in total. The SMILES string of the molecule is F.F.F.[Sc]. The van der Waals surface area contributed by atoms with Crippen molar-refractivity contribution in [2.45, 2.75) is 0 Å². The van der Waals surface area contributed by atoms with Crippen LogP contribution in [0.5, 0.6) is 0 Å². The average Bonchev–Trinajstić information content (AvgIpc) is 0. The zero-order valence-electron chi connectivity index (χ0n) is 1.80. The fourth-order valence-electron chi connectivity index (χ4n) is 0. The molecule has 0 unspecified atom stereocenters. The van der Waals surface area contributed by atoms with Gasteiger partial charge in [-0.1, -0.05) is 0 Å². The summed E-state index contributed by atoms with van der Waals surface area (Å²) in [6, 6.07) is 0. The molecule has 4 heavy (non-hydrogen) atoms. The van der Waals surface area contributed by atoms with Gasteiger partial charge in [0.2, 0.25) is 0 Å². The summed E-state index contributed by atoms with van der Waals surface area (Å²) in [5.41, 5.74) is 0. The normalized spacial score (nSPS) is 0. The molecule has 0 aromatic heterocycles. The fraction of sp³-hybridized carbons (Fsp3) is 0. The molecule has 0 aliphatic rings. The van der Waals surface area contributed by atoms with Crippen LogP contribution in [-0.4, -0.2) is 0 Å². The topological polar surface area (TPSA) is 0 Å². The van der Waals surface area contributed by atoms with Gasteiger partial charge in [0, 0.05) is 25.8 Å². The maximum absolute atomic E-state index is 0. The molecular formula is H3F3Sc. The summed E-state index contributed by atoms with van der Waals surface area (Å²) in [5.74, 6) is 0. The number of halogens is 3. The van der Waals surface area contributed by atoms with Crippen LogP contribution in [0.1, 0.15) is 0 Å². The van der Waals surface area contributed by atoms with Gasteiger partial charge in [-0.15, -0.1) is 0 Å². The molecule has 0 saturated carbocycles. The zero-order valence-corrected chi connectivity index (χ0v) is 3.61. The van der Waals surface area contributed by atoms with Gasteiger partial charge >= 0.3 is 0 Å². The van der Waals surface area contributed by atoms with Crippen LogP contribution in [0.2, 0.25) is 0 Å². The van der Waals surface area contributed by atoms with Gasteiger partial charge in [0.25, 0.3) is 0 Å². The van der Waals surface area contributed by atoms with Crippen molar-refractivity contribution >= 4 is 0 Å². The van der Waals surface area contributed by atoms with Crippen molar-refractivity contribution in [2.75, 3.05) is 0 Å². The van der Waals surface area contributed by atoms with Crippen LogP contribution < -0.4 is 0 Å². The molecule has 0 saturated heterocycles. The molecule has 1 radical (unpaired) electrons. The first-order valence-electron chi connectivity index (χ1n) is 0. The van der Waals surface area contributed by atoms with E-state index in [2.05, 4.69) is 0 Å². The molecule has 27 valence electrons. The summed E-state index contributed by atoms with van der Waals surface area (Å²) in [6.07, 6.45) is 0. The quantitative estimate of drug-likeness (QED) is 0.419. The standard InChI is InChI=1S/3FH.Sc/h3*1H;. The predicted octanol–water partition coefficient (Wildman–Crippen LogP) is 0.455. The van der Waals surface area contributed by atoms with Gasteiger partial charge in [0.1, 0.15) is 0 Å². The third-order valence-corrected chi connectivity index (χ3v) is 0. The molecule has 0 atom stereocenters. The van der Waals surface area contributed by atoms with Gasteiger partial charge < -0.3 is 0 Å². The van der Waals surface area contributed by atoms with Crippen LogP contribution >= 0.6 is 0 Å². The molecule has 0 heterocycles. The molecule has 0 bridgehead atoms. The molecule has 0 aromatic carbocycles. The number of hydrogen-bond acceptors (Lipinski definition) is 0. The molecule has 0 N–H and O–H groups in total. The van der Waals surface area contributed by atoms with Crippen LogP contribution in [0.25, 0.3) is 0 Å². The smallest absolute Gasteiger partial charge is 0 e. The summed E-state index contributed by atoms with van der Waals surface area (Å²) < 4.78 is 0. The van der Waals surface area contributed by atoms with E-state index in [1.165, 1.54) is 0 Å². The molecule has 0 aliphatic heterocycles. The van der Waals surface area contributed by atoms with Gasteiger partial charge in [-0.25, -0.2) is 0 Å². The monoisotopic (exact) mass is 105 g/mol. The second-order valence-electron chi connectivity index (χ2n) is 0. The molecule has 4 heteroatoms. The second-order valence-corrected chi connectivity index (χ2v) is 0. The molecule has 0 aromatic rings. The fourth-order valence-corrected chi connectivity index (χ4v) is 0. The zero-order chi connectivity index (χ0) is 0. The number of hydrogen-bond donors (Lipinski definition) is 0. The number of rotatable bonds is 0. The minimum absolute atomic E-state index is 0. The Morgan fingerprint density at radius 3 is 0.500 bits per heavy atom. The molecular weight excluding hydrogens is 102 g/mol. The first-order chi connectivity index (χ1) is 0. The Labute approximate surface area is 40.5 Å². The Balaban J connectivity index is 0.